The molecule has 0 aromatic heterocycles. The number of ether oxygens (including phenoxy) is 3. The summed E-state index contributed by atoms with van der Waals surface area (Å²) in [6, 6.07) is 13.6. The molecule has 190 valence electrons. The highest BCUT2D eigenvalue weighted by Gasteiger charge is 2.52. The lowest BCUT2D eigenvalue weighted by Gasteiger charge is -2.53. The first-order valence-corrected chi connectivity index (χ1v) is 12.8. The molecular weight excluding hydrogens is 458 g/mol. The van der Waals surface area contributed by atoms with Crippen molar-refractivity contribution in [2.45, 2.75) is 44.5 Å². The van der Waals surface area contributed by atoms with Gasteiger partial charge < -0.3 is 29.3 Å². The van der Waals surface area contributed by atoms with Crippen LogP contribution in [0.2, 0.25) is 0 Å². The number of hydrogen-bond donors (Lipinski definition) is 1. The van der Waals surface area contributed by atoms with Crippen molar-refractivity contribution in [1.29, 1.82) is 0 Å². The number of methoxy groups -OCH3 is 1. The maximum absolute atomic E-state index is 13.4. The van der Waals surface area contributed by atoms with E-state index in [4.69, 9.17) is 14.2 Å². The number of amides is 2. The van der Waals surface area contributed by atoms with Crippen molar-refractivity contribution in [3.05, 3.63) is 48.0 Å². The Kier molecular flexibility index (Phi) is 5.59. The summed E-state index contributed by atoms with van der Waals surface area (Å²) in [7, 11) is 1.66. The summed E-state index contributed by atoms with van der Waals surface area (Å²) in [5, 5.41) is 2.89. The largest absolute Gasteiger partial charge is 0.493 e. The van der Waals surface area contributed by atoms with Crippen LogP contribution in [0.25, 0.3) is 0 Å². The minimum Gasteiger partial charge on any atom is -0.493 e. The van der Waals surface area contributed by atoms with E-state index in [2.05, 4.69) is 25.2 Å². The highest BCUT2D eigenvalue weighted by molar-refractivity contribution is 6.02. The molecule has 2 aromatic rings. The predicted octanol–water partition coefficient (Wildman–Crippen LogP) is 3.62. The molecule has 8 heteroatoms. The zero-order chi connectivity index (χ0) is 25.0. The number of carbonyl (C=O) groups excluding carboxylic acids is 2. The van der Waals surface area contributed by atoms with Crippen molar-refractivity contribution in [3.8, 4) is 11.5 Å². The fourth-order valence-electron chi connectivity index (χ4n) is 6.39. The maximum atomic E-state index is 13.4. The smallest absolute Gasteiger partial charge is 0.243 e. The Morgan fingerprint density at radius 2 is 2.03 bits per heavy atom. The molecule has 2 fully saturated rings. The number of carbonyl (C=O) groups is 2. The first-order valence-electron chi connectivity index (χ1n) is 12.8. The van der Waals surface area contributed by atoms with Crippen LogP contribution in [-0.2, 0) is 14.3 Å². The molecule has 2 amide bonds. The van der Waals surface area contributed by atoms with E-state index in [9.17, 15) is 9.59 Å². The van der Waals surface area contributed by atoms with Gasteiger partial charge in [0.05, 0.1) is 43.8 Å². The van der Waals surface area contributed by atoms with E-state index in [0.717, 1.165) is 41.3 Å². The normalized spacial score (nSPS) is 28.0. The number of para-hydroxylation sites is 3. The van der Waals surface area contributed by atoms with E-state index in [1.54, 1.807) is 7.11 Å². The van der Waals surface area contributed by atoms with Crippen LogP contribution < -0.4 is 19.7 Å². The fraction of sp³-hybridized carbons (Fsp3) is 0.500. The van der Waals surface area contributed by atoms with Crippen LogP contribution in [0.5, 0.6) is 11.5 Å². The number of likely N-dealkylation sites (tertiary alicyclic amines) is 1. The zero-order valence-electron chi connectivity index (χ0n) is 21.0. The number of hydrogen-bond acceptors (Lipinski definition) is 6. The summed E-state index contributed by atoms with van der Waals surface area (Å²) < 4.78 is 18.8. The van der Waals surface area contributed by atoms with Gasteiger partial charge in [-0.15, -0.1) is 0 Å². The molecule has 0 radical (unpaired) electrons. The van der Waals surface area contributed by atoms with Crippen LogP contribution in [0.3, 0.4) is 0 Å². The van der Waals surface area contributed by atoms with Gasteiger partial charge in [-0.2, -0.15) is 0 Å². The summed E-state index contributed by atoms with van der Waals surface area (Å²) in [5.74, 6) is 1.89. The predicted molar refractivity (Wildman–Crippen MR) is 135 cm³/mol. The standard InChI is InChI=1S/C28H33N3O5/c1-28(2)19-13-17-14-30(25(33)16-31-15-24(32)29-20-8-4-5-9-21(20)31)12-11-22(17)35-26(19)18-7-6-10-23(34-3)27(18)36-28/h4-10,17,19,22,26H,11-16H2,1-3H3,(H,29,32)/t17-,19+,22+,26-/m0/s1. The summed E-state index contributed by atoms with van der Waals surface area (Å²) in [6.45, 7) is 5.93. The average molecular weight is 492 g/mol. The lowest BCUT2D eigenvalue weighted by Crippen LogP contribution is -2.57. The van der Waals surface area contributed by atoms with E-state index < -0.39 is 5.60 Å². The first-order chi connectivity index (χ1) is 17.3. The Morgan fingerprint density at radius 1 is 1.19 bits per heavy atom. The van der Waals surface area contributed by atoms with Crippen LogP contribution in [0.4, 0.5) is 11.4 Å². The van der Waals surface area contributed by atoms with Gasteiger partial charge in [0.1, 0.15) is 5.60 Å². The fourth-order valence-corrected chi connectivity index (χ4v) is 6.39. The van der Waals surface area contributed by atoms with Gasteiger partial charge in [0.15, 0.2) is 11.5 Å². The molecule has 0 spiro atoms. The topological polar surface area (TPSA) is 80.3 Å². The lowest BCUT2D eigenvalue weighted by atomic mass is 9.70. The lowest BCUT2D eigenvalue weighted by molar-refractivity contribution is -0.188. The Morgan fingerprint density at radius 3 is 2.86 bits per heavy atom. The molecule has 0 saturated carbocycles. The second-order valence-electron chi connectivity index (χ2n) is 10.8. The molecule has 4 atom stereocenters. The Bertz CT molecular complexity index is 1200. The minimum atomic E-state index is -0.422. The Hall–Kier alpha value is -3.26. The summed E-state index contributed by atoms with van der Waals surface area (Å²) in [5.41, 5.74) is 2.27. The third-order valence-electron chi connectivity index (χ3n) is 8.23. The van der Waals surface area contributed by atoms with E-state index in [1.165, 1.54) is 0 Å². The molecule has 1 N–H and O–H groups in total. The number of nitrogens with one attached hydrogen (secondary N) is 1. The van der Waals surface area contributed by atoms with Crippen molar-refractivity contribution in [3.63, 3.8) is 0 Å². The molecule has 2 aromatic carbocycles. The minimum absolute atomic E-state index is 0.0503. The van der Waals surface area contributed by atoms with Crippen molar-refractivity contribution >= 4 is 23.2 Å². The van der Waals surface area contributed by atoms with Crippen LogP contribution in [0, 0.1) is 11.8 Å². The summed E-state index contributed by atoms with van der Waals surface area (Å²) in [6.07, 6.45) is 1.78. The van der Waals surface area contributed by atoms with E-state index in [0.29, 0.717) is 13.1 Å². The van der Waals surface area contributed by atoms with Crippen LogP contribution in [-0.4, -0.2) is 61.7 Å². The second kappa shape index (κ2) is 8.69. The van der Waals surface area contributed by atoms with Gasteiger partial charge in [-0.05, 0) is 44.9 Å². The van der Waals surface area contributed by atoms with E-state index in [-0.39, 0.29) is 48.9 Å². The quantitative estimate of drug-likeness (QED) is 0.707. The SMILES string of the molecule is COc1cccc2c1OC(C)(C)[C@@H]1C[C@H]3CN(C(=O)CN4CC(=O)Nc5ccccc54)CC[C@H]3O[C@@H]21. The second-order valence-corrected chi connectivity index (χ2v) is 10.8. The van der Waals surface area contributed by atoms with Gasteiger partial charge in [-0.3, -0.25) is 9.59 Å². The maximum Gasteiger partial charge on any atom is 0.243 e. The summed E-state index contributed by atoms with van der Waals surface area (Å²) >= 11 is 0. The van der Waals surface area contributed by atoms with Crippen LogP contribution in [0.1, 0.15) is 38.4 Å². The number of rotatable bonds is 3. The first kappa shape index (κ1) is 23.2. The van der Waals surface area contributed by atoms with E-state index in [1.807, 2.05) is 46.2 Å². The molecule has 6 rings (SSSR count). The molecule has 0 aliphatic carbocycles. The molecule has 4 heterocycles. The van der Waals surface area contributed by atoms with Gasteiger partial charge in [0, 0.05) is 30.5 Å². The molecule has 0 bridgehead atoms. The van der Waals surface area contributed by atoms with Crippen molar-refractivity contribution in [1.82, 2.24) is 4.90 Å². The molecule has 4 aliphatic rings. The molecular formula is C28H33N3O5. The van der Waals surface area contributed by atoms with Gasteiger partial charge in [-0.1, -0.05) is 24.3 Å². The van der Waals surface area contributed by atoms with Gasteiger partial charge in [0.25, 0.3) is 0 Å². The number of fused-ring (bicyclic) bond motifs is 5. The van der Waals surface area contributed by atoms with Crippen molar-refractivity contribution in [2.75, 3.05) is 43.5 Å². The Labute approximate surface area is 211 Å². The molecule has 36 heavy (non-hydrogen) atoms. The number of benzene rings is 2. The molecule has 2 saturated heterocycles. The van der Waals surface area contributed by atoms with Crippen LogP contribution >= 0.6 is 0 Å². The number of anilines is 2. The average Bonchev–Trinajstić information content (AvgIpc) is 2.87. The third-order valence-corrected chi connectivity index (χ3v) is 8.23. The van der Waals surface area contributed by atoms with Crippen molar-refractivity contribution < 1.29 is 23.8 Å². The number of piperidine rings is 1. The van der Waals surface area contributed by atoms with Gasteiger partial charge in [0.2, 0.25) is 11.8 Å². The molecule has 4 aliphatic heterocycles. The van der Waals surface area contributed by atoms with Gasteiger partial charge >= 0.3 is 0 Å². The summed E-state index contributed by atoms with van der Waals surface area (Å²) in [4.78, 5) is 29.4. The van der Waals surface area contributed by atoms with Crippen LogP contribution in [0.15, 0.2) is 42.5 Å². The monoisotopic (exact) mass is 491 g/mol. The van der Waals surface area contributed by atoms with E-state index >= 15 is 0 Å². The van der Waals surface area contributed by atoms with Gasteiger partial charge in [-0.25, -0.2) is 0 Å². The highest BCUT2D eigenvalue weighted by Crippen LogP contribution is 2.55. The number of nitrogens with zero attached hydrogens (tertiary/aromatic N) is 2. The zero-order valence-corrected chi connectivity index (χ0v) is 21.0. The Balaban J connectivity index is 1.18. The molecule has 0 unspecified atom stereocenters. The highest BCUT2D eigenvalue weighted by atomic mass is 16.5. The third kappa shape index (κ3) is 3.88. The molecule has 8 nitrogen and oxygen atoms in total. The van der Waals surface area contributed by atoms with Crippen molar-refractivity contribution in [2.24, 2.45) is 11.8 Å².